The molecule has 1 aromatic rings. The molecule has 0 saturated heterocycles. The zero-order chi connectivity index (χ0) is 17.6. The minimum Gasteiger partial charge on any atom is -0.508 e. The predicted molar refractivity (Wildman–Crippen MR) is 87.9 cm³/mol. The highest BCUT2D eigenvalue weighted by molar-refractivity contribution is 5.85. The van der Waals surface area contributed by atoms with Crippen molar-refractivity contribution in [3.63, 3.8) is 0 Å². The first-order valence-electron chi connectivity index (χ1n) is 7.60. The summed E-state index contributed by atoms with van der Waals surface area (Å²) in [5.41, 5.74) is 6.55. The Hall–Kier alpha value is -2.08. The Morgan fingerprint density at radius 2 is 2.04 bits per heavy atom. The molecule has 0 unspecified atom stereocenters. The van der Waals surface area contributed by atoms with E-state index in [0.29, 0.717) is 6.42 Å². The number of esters is 1. The van der Waals surface area contributed by atoms with Crippen LogP contribution in [-0.4, -0.2) is 36.7 Å². The lowest BCUT2D eigenvalue weighted by molar-refractivity contribution is -0.141. The van der Waals surface area contributed by atoms with E-state index in [0.717, 1.165) is 5.56 Å². The molecular formula is C17H26N2O4. The van der Waals surface area contributed by atoms with Gasteiger partial charge in [-0.25, -0.2) is 0 Å². The molecule has 6 nitrogen and oxygen atoms in total. The smallest absolute Gasteiger partial charge is 0.325 e. The molecule has 6 heteroatoms. The molecule has 4 N–H and O–H groups in total. The fourth-order valence-corrected chi connectivity index (χ4v) is 2.46. The summed E-state index contributed by atoms with van der Waals surface area (Å²) in [7, 11) is 1.26. The normalized spacial score (nSPS) is 14.9. The van der Waals surface area contributed by atoms with Gasteiger partial charge >= 0.3 is 5.97 Å². The van der Waals surface area contributed by atoms with Crippen LogP contribution in [0.3, 0.4) is 0 Å². The largest absolute Gasteiger partial charge is 0.508 e. The number of hydrogen-bond acceptors (Lipinski definition) is 5. The van der Waals surface area contributed by atoms with E-state index in [-0.39, 0.29) is 23.6 Å². The van der Waals surface area contributed by atoms with E-state index in [1.165, 1.54) is 7.11 Å². The van der Waals surface area contributed by atoms with Crippen LogP contribution in [-0.2, 0) is 19.7 Å². The number of ether oxygens (including phenoxy) is 1. The van der Waals surface area contributed by atoms with Gasteiger partial charge in [0.05, 0.1) is 13.2 Å². The predicted octanol–water partition coefficient (Wildman–Crippen LogP) is 1.31. The average molecular weight is 322 g/mol. The summed E-state index contributed by atoms with van der Waals surface area (Å²) in [6.45, 7) is 5.90. The van der Waals surface area contributed by atoms with Crippen LogP contribution in [0.25, 0.3) is 0 Å². The first kappa shape index (κ1) is 19.0. The summed E-state index contributed by atoms with van der Waals surface area (Å²) in [5, 5.41) is 12.2. The molecule has 0 aromatic heterocycles. The molecule has 23 heavy (non-hydrogen) atoms. The second-order valence-electron chi connectivity index (χ2n) is 6.23. The van der Waals surface area contributed by atoms with Crippen LogP contribution in [0.2, 0.25) is 0 Å². The van der Waals surface area contributed by atoms with Crippen LogP contribution in [0, 0.1) is 5.92 Å². The van der Waals surface area contributed by atoms with E-state index in [2.05, 4.69) is 10.1 Å². The van der Waals surface area contributed by atoms with E-state index in [1.54, 1.807) is 18.2 Å². The molecule has 1 rings (SSSR count). The Balaban J connectivity index is 2.87. The van der Waals surface area contributed by atoms with Gasteiger partial charge in [-0.2, -0.15) is 0 Å². The minimum atomic E-state index is -0.769. The summed E-state index contributed by atoms with van der Waals surface area (Å²) >= 11 is 0. The van der Waals surface area contributed by atoms with Crippen LogP contribution in [0.4, 0.5) is 0 Å². The van der Waals surface area contributed by atoms with Crippen molar-refractivity contribution in [2.24, 2.45) is 11.7 Å². The topological polar surface area (TPSA) is 102 Å². The summed E-state index contributed by atoms with van der Waals surface area (Å²) in [5.74, 6) is -0.547. The van der Waals surface area contributed by atoms with Gasteiger partial charge in [-0.1, -0.05) is 32.9 Å². The van der Waals surface area contributed by atoms with Gasteiger partial charge in [0.15, 0.2) is 0 Å². The fraction of sp³-hybridized carbons (Fsp3) is 0.529. The van der Waals surface area contributed by atoms with Gasteiger partial charge in [-0.15, -0.1) is 0 Å². The summed E-state index contributed by atoms with van der Waals surface area (Å²) in [6, 6.07) is 6.22. The lowest BCUT2D eigenvalue weighted by Gasteiger charge is -2.36. The van der Waals surface area contributed by atoms with Crippen molar-refractivity contribution >= 4 is 11.9 Å². The molecule has 1 aromatic carbocycles. The van der Waals surface area contributed by atoms with Crippen molar-refractivity contribution in [3.05, 3.63) is 29.8 Å². The molecule has 0 radical (unpaired) electrons. The van der Waals surface area contributed by atoms with E-state index >= 15 is 0 Å². The highest BCUT2D eigenvalue weighted by Crippen LogP contribution is 2.37. The van der Waals surface area contributed by atoms with Crippen LogP contribution < -0.4 is 11.1 Å². The van der Waals surface area contributed by atoms with Crippen molar-refractivity contribution in [3.8, 4) is 5.75 Å². The lowest BCUT2D eigenvalue weighted by atomic mass is 9.69. The number of nitrogens with one attached hydrogen (secondary N) is 1. The number of phenols is 1. The second-order valence-corrected chi connectivity index (χ2v) is 6.23. The molecule has 0 bridgehead atoms. The van der Waals surface area contributed by atoms with Gasteiger partial charge < -0.3 is 20.9 Å². The van der Waals surface area contributed by atoms with Gasteiger partial charge in [0.2, 0.25) is 5.91 Å². The SMILES string of the molecule is COC(=O)CNC(=O)[C@H](N)C[C@@](C)(c1cccc(O)c1)C(C)C. The quantitative estimate of drug-likeness (QED) is 0.657. The summed E-state index contributed by atoms with van der Waals surface area (Å²) in [6.07, 6.45) is 0.390. The maximum Gasteiger partial charge on any atom is 0.325 e. The molecule has 0 aliphatic rings. The van der Waals surface area contributed by atoms with Gasteiger partial charge in [-0.3, -0.25) is 9.59 Å². The van der Waals surface area contributed by atoms with Crippen LogP contribution in [0.5, 0.6) is 5.75 Å². The van der Waals surface area contributed by atoms with Gasteiger partial charge in [0.25, 0.3) is 0 Å². The number of rotatable bonds is 7. The van der Waals surface area contributed by atoms with Crippen LogP contribution in [0.1, 0.15) is 32.8 Å². The minimum absolute atomic E-state index is 0.179. The van der Waals surface area contributed by atoms with Gasteiger partial charge in [-0.05, 0) is 35.4 Å². The third-order valence-corrected chi connectivity index (χ3v) is 4.40. The van der Waals surface area contributed by atoms with E-state index < -0.39 is 17.9 Å². The van der Waals surface area contributed by atoms with E-state index in [1.807, 2.05) is 26.8 Å². The number of hydrogen-bond donors (Lipinski definition) is 3. The zero-order valence-corrected chi connectivity index (χ0v) is 14.1. The molecule has 0 aliphatic heterocycles. The number of aromatic hydroxyl groups is 1. The number of amides is 1. The Labute approximate surface area is 137 Å². The first-order chi connectivity index (χ1) is 10.7. The molecule has 0 fully saturated rings. The maximum absolute atomic E-state index is 12.1. The maximum atomic E-state index is 12.1. The number of carbonyl (C=O) groups excluding carboxylic acids is 2. The molecule has 1 amide bonds. The molecule has 128 valence electrons. The summed E-state index contributed by atoms with van der Waals surface area (Å²) in [4.78, 5) is 23.2. The van der Waals surface area contributed by atoms with Crippen LogP contribution in [0.15, 0.2) is 24.3 Å². The second kappa shape index (κ2) is 7.97. The van der Waals surface area contributed by atoms with Crippen molar-refractivity contribution in [2.45, 2.75) is 38.6 Å². The van der Waals surface area contributed by atoms with Crippen molar-refractivity contribution < 1.29 is 19.4 Å². The molecule has 0 heterocycles. The molecule has 0 spiro atoms. The third-order valence-electron chi connectivity index (χ3n) is 4.40. The van der Waals surface area contributed by atoms with Crippen LogP contribution >= 0.6 is 0 Å². The van der Waals surface area contributed by atoms with E-state index in [4.69, 9.17) is 5.73 Å². The molecule has 0 saturated carbocycles. The van der Waals surface area contributed by atoms with E-state index in [9.17, 15) is 14.7 Å². The van der Waals surface area contributed by atoms with Crippen molar-refractivity contribution in [1.29, 1.82) is 0 Å². The monoisotopic (exact) mass is 322 g/mol. The summed E-state index contributed by atoms with van der Waals surface area (Å²) < 4.78 is 4.48. The number of methoxy groups -OCH3 is 1. The highest BCUT2D eigenvalue weighted by atomic mass is 16.5. The Kier molecular flexibility index (Phi) is 6.57. The first-order valence-corrected chi connectivity index (χ1v) is 7.60. The Morgan fingerprint density at radius 3 is 2.57 bits per heavy atom. The Bertz CT molecular complexity index is 559. The number of phenolic OH excluding ortho intramolecular Hbond substituents is 1. The molecule has 0 aliphatic carbocycles. The van der Waals surface area contributed by atoms with Crippen molar-refractivity contribution in [2.75, 3.05) is 13.7 Å². The number of carbonyl (C=O) groups is 2. The average Bonchev–Trinajstić information content (AvgIpc) is 2.51. The number of benzene rings is 1. The Morgan fingerprint density at radius 1 is 1.39 bits per heavy atom. The van der Waals surface area contributed by atoms with Gasteiger partial charge in [0.1, 0.15) is 12.3 Å². The van der Waals surface area contributed by atoms with Gasteiger partial charge in [0, 0.05) is 0 Å². The number of nitrogens with two attached hydrogens (primary N) is 1. The molecule has 2 atom stereocenters. The third kappa shape index (κ3) is 4.96. The molecular weight excluding hydrogens is 296 g/mol. The van der Waals surface area contributed by atoms with Crippen molar-refractivity contribution in [1.82, 2.24) is 5.32 Å². The fourth-order valence-electron chi connectivity index (χ4n) is 2.46. The highest BCUT2D eigenvalue weighted by Gasteiger charge is 2.34. The standard InChI is InChI=1S/C17H26N2O4/c1-11(2)17(3,12-6-5-7-13(20)8-12)9-14(18)16(22)19-10-15(21)23-4/h5-8,11,14,20H,9-10,18H2,1-4H3,(H,19,22)/t14-,17-/m1/s1. The lowest BCUT2D eigenvalue weighted by Crippen LogP contribution is -2.47. The zero-order valence-electron chi connectivity index (χ0n) is 14.1.